The third-order valence-electron chi connectivity index (χ3n) is 1.21. The second-order valence-electron chi connectivity index (χ2n) is 2.89. The van der Waals surface area contributed by atoms with Gasteiger partial charge in [-0.05, 0) is 5.92 Å². The van der Waals surface area contributed by atoms with Crippen LogP contribution in [0.2, 0.25) is 0 Å². The Bertz CT molecular complexity index is 128. The van der Waals surface area contributed by atoms with Crippen LogP contribution in [0.1, 0.15) is 13.8 Å². The lowest BCUT2D eigenvalue weighted by atomic mass is 10.2. The van der Waals surface area contributed by atoms with Crippen molar-refractivity contribution in [3.63, 3.8) is 0 Å². The van der Waals surface area contributed by atoms with Gasteiger partial charge >= 0.3 is 0 Å². The molecule has 3 N–H and O–H groups in total. The summed E-state index contributed by atoms with van der Waals surface area (Å²) in [6.07, 6.45) is 0. The molecule has 0 saturated carbocycles. The maximum Gasteiger partial charge on any atom is 0.234 e. The predicted molar refractivity (Wildman–Crippen MR) is 49.7 cm³/mol. The van der Waals surface area contributed by atoms with Crippen molar-refractivity contribution in [2.45, 2.75) is 19.1 Å². The number of nitrogens with one attached hydrogen (secondary N) is 1. The molecule has 3 nitrogen and oxygen atoms in total. The van der Waals surface area contributed by atoms with Crippen molar-refractivity contribution < 1.29 is 4.79 Å². The van der Waals surface area contributed by atoms with Crippen LogP contribution in [0.4, 0.5) is 0 Å². The van der Waals surface area contributed by atoms with Crippen LogP contribution in [0, 0.1) is 5.92 Å². The Kier molecular flexibility index (Phi) is 5.32. The van der Waals surface area contributed by atoms with Crippen LogP contribution in [-0.4, -0.2) is 24.2 Å². The highest BCUT2D eigenvalue weighted by Crippen LogP contribution is 1.93. The summed E-state index contributed by atoms with van der Waals surface area (Å²) in [5.41, 5.74) is 5.24. The SMILES string of the molecule is CC(C)CNC(=O)C(S)CN. The smallest absolute Gasteiger partial charge is 0.234 e. The molecular formula is C7H16N2OS. The lowest BCUT2D eigenvalue weighted by molar-refractivity contribution is -0.120. The van der Waals surface area contributed by atoms with Gasteiger partial charge in [0, 0.05) is 13.1 Å². The highest BCUT2D eigenvalue weighted by Gasteiger charge is 2.10. The van der Waals surface area contributed by atoms with Gasteiger partial charge in [0.15, 0.2) is 0 Å². The number of rotatable bonds is 4. The zero-order valence-corrected chi connectivity index (χ0v) is 7.90. The van der Waals surface area contributed by atoms with E-state index in [1.165, 1.54) is 0 Å². The molecule has 0 rings (SSSR count). The molecule has 0 aromatic carbocycles. The average Bonchev–Trinajstić information content (AvgIpc) is 1.98. The molecule has 0 bridgehead atoms. The molecule has 0 aliphatic carbocycles. The van der Waals surface area contributed by atoms with Gasteiger partial charge in [0.1, 0.15) is 0 Å². The highest BCUT2D eigenvalue weighted by molar-refractivity contribution is 7.81. The molecule has 0 saturated heterocycles. The van der Waals surface area contributed by atoms with E-state index < -0.39 is 0 Å². The lowest BCUT2D eigenvalue weighted by Gasteiger charge is -2.10. The molecule has 0 aliphatic heterocycles. The van der Waals surface area contributed by atoms with E-state index in [0.717, 1.165) is 0 Å². The third-order valence-corrected chi connectivity index (χ3v) is 1.66. The van der Waals surface area contributed by atoms with Gasteiger partial charge in [0.25, 0.3) is 0 Å². The molecule has 0 fully saturated rings. The Morgan fingerprint density at radius 1 is 1.64 bits per heavy atom. The molecule has 1 unspecified atom stereocenters. The molecule has 1 atom stereocenters. The maximum atomic E-state index is 11.0. The largest absolute Gasteiger partial charge is 0.355 e. The summed E-state index contributed by atoms with van der Waals surface area (Å²) in [5, 5.41) is 2.37. The Hall–Kier alpha value is -0.220. The molecule has 0 spiro atoms. The molecule has 0 aromatic heterocycles. The van der Waals surface area contributed by atoms with E-state index in [0.29, 0.717) is 12.5 Å². The van der Waals surface area contributed by atoms with Crippen LogP contribution in [0.15, 0.2) is 0 Å². The Morgan fingerprint density at radius 3 is 2.55 bits per heavy atom. The fourth-order valence-electron chi connectivity index (χ4n) is 0.530. The van der Waals surface area contributed by atoms with Crippen LogP contribution < -0.4 is 11.1 Å². The standard InChI is InChI=1S/C7H16N2OS/c1-5(2)4-9-7(10)6(11)3-8/h5-6,11H,3-4,8H2,1-2H3,(H,9,10). The van der Waals surface area contributed by atoms with Crippen molar-refractivity contribution in [2.24, 2.45) is 11.7 Å². The van der Waals surface area contributed by atoms with E-state index in [-0.39, 0.29) is 17.7 Å². The molecule has 1 amide bonds. The fourth-order valence-corrected chi connectivity index (χ4v) is 0.621. The van der Waals surface area contributed by atoms with Crippen molar-refractivity contribution in [3.05, 3.63) is 0 Å². The van der Waals surface area contributed by atoms with E-state index in [4.69, 9.17) is 5.73 Å². The van der Waals surface area contributed by atoms with E-state index in [1.807, 2.05) is 13.8 Å². The summed E-state index contributed by atoms with van der Waals surface area (Å²) in [6.45, 7) is 5.05. The van der Waals surface area contributed by atoms with Crippen molar-refractivity contribution in [1.29, 1.82) is 0 Å². The molecule has 66 valence electrons. The van der Waals surface area contributed by atoms with Gasteiger partial charge in [-0.15, -0.1) is 0 Å². The van der Waals surface area contributed by atoms with Crippen molar-refractivity contribution in [2.75, 3.05) is 13.1 Å². The Balaban J connectivity index is 3.52. The van der Waals surface area contributed by atoms with Crippen molar-refractivity contribution in [3.8, 4) is 0 Å². The van der Waals surface area contributed by atoms with Crippen molar-refractivity contribution in [1.82, 2.24) is 5.32 Å². The summed E-state index contributed by atoms with van der Waals surface area (Å²) < 4.78 is 0. The Labute approximate surface area is 73.1 Å². The second-order valence-corrected chi connectivity index (χ2v) is 3.51. The topological polar surface area (TPSA) is 55.1 Å². The van der Waals surface area contributed by atoms with Gasteiger partial charge in [-0.3, -0.25) is 4.79 Å². The number of nitrogens with two attached hydrogens (primary N) is 1. The van der Waals surface area contributed by atoms with Crippen LogP contribution in [0.3, 0.4) is 0 Å². The maximum absolute atomic E-state index is 11.0. The minimum absolute atomic E-state index is 0.0791. The summed E-state index contributed by atoms with van der Waals surface area (Å²) >= 11 is 3.99. The molecule has 0 aliphatic rings. The second kappa shape index (κ2) is 5.43. The van der Waals surface area contributed by atoms with E-state index in [2.05, 4.69) is 17.9 Å². The fraction of sp³-hybridized carbons (Fsp3) is 0.857. The molecule has 4 heteroatoms. The van der Waals surface area contributed by atoms with E-state index >= 15 is 0 Å². The van der Waals surface area contributed by atoms with E-state index in [1.54, 1.807) is 0 Å². The summed E-state index contributed by atoms with van der Waals surface area (Å²) in [5.74, 6) is 0.391. The van der Waals surface area contributed by atoms with Gasteiger partial charge in [-0.2, -0.15) is 12.6 Å². The molecule has 0 heterocycles. The van der Waals surface area contributed by atoms with Crippen LogP contribution in [0.25, 0.3) is 0 Å². The Morgan fingerprint density at radius 2 is 2.18 bits per heavy atom. The molecular weight excluding hydrogens is 160 g/mol. The quantitative estimate of drug-likeness (QED) is 0.529. The van der Waals surface area contributed by atoms with Gasteiger partial charge in [0.05, 0.1) is 5.25 Å². The minimum atomic E-state index is -0.367. The predicted octanol–water partition coefficient (Wildman–Crippen LogP) is 0.0157. The summed E-state index contributed by atoms with van der Waals surface area (Å²) in [7, 11) is 0. The normalized spacial score (nSPS) is 13.2. The number of carbonyl (C=O) groups is 1. The van der Waals surface area contributed by atoms with E-state index in [9.17, 15) is 4.79 Å². The minimum Gasteiger partial charge on any atom is -0.355 e. The van der Waals surface area contributed by atoms with Gasteiger partial charge in [0.2, 0.25) is 5.91 Å². The lowest BCUT2D eigenvalue weighted by Crippen LogP contribution is -2.37. The van der Waals surface area contributed by atoms with Crippen LogP contribution in [0.5, 0.6) is 0 Å². The van der Waals surface area contributed by atoms with Gasteiger partial charge < -0.3 is 11.1 Å². The first-order valence-electron chi connectivity index (χ1n) is 3.73. The van der Waals surface area contributed by atoms with Crippen LogP contribution >= 0.6 is 12.6 Å². The average molecular weight is 176 g/mol. The first-order chi connectivity index (χ1) is 5.07. The van der Waals surface area contributed by atoms with Crippen LogP contribution in [-0.2, 0) is 4.79 Å². The first-order valence-corrected chi connectivity index (χ1v) is 4.25. The van der Waals surface area contributed by atoms with Crippen molar-refractivity contribution >= 4 is 18.5 Å². The third kappa shape index (κ3) is 5.09. The molecule has 11 heavy (non-hydrogen) atoms. The summed E-state index contributed by atoms with van der Waals surface area (Å²) in [4.78, 5) is 11.0. The van der Waals surface area contributed by atoms with Gasteiger partial charge in [-0.25, -0.2) is 0 Å². The number of hydrogen-bond donors (Lipinski definition) is 3. The highest BCUT2D eigenvalue weighted by atomic mass is 32.1. The number of amides is 1. The molecule has 0 radical (unpaired) electrons. The summed E-state index contributed by atoms with van der Waals surface area (Å²) in [6, 6.07) is 0. The number of thiol groups is 1. The molecule has 0 aromatic rings. The first kappa shape index (κ1) is 10.8. The monoisotopic (exact) mass is 176 g/mol. The zero-order chi connectivity index (χ0) is 8.85. The zero-order valence-electron chi connectivity index (χ0n) is 7.00. The number of carbonyl (C=O) groups excluding carboxylic acids is 1. The van der Waals surface area contributed by atoms with Gasteiger partial charge in [-0.1, -0.05) is 13.8 Å². The number of hydrogen-bond acceptors (Lipinski definition) is 3.